The minimum Gasteiger partial charge on any atom is -0.350 e. The van der Waals surface area contributed by atoms with Crippen molar-refractivity contribution >= 4 is 28.8 Å². The predicted octanol–water partition coefficient (Wildman–Crippen LogP) is 5.15. The summed E-state index contributed by atoms with van der Waals surface area (Å²) in [7, 11) is 0. The van der Waals surface area contributed by atoms with Crippen LogP contribution in [-0.2, 0) is 9.59 Å². The number of halogens is 1. The van der Waals surface area contributed by atoms with E-state index in [4.69, 9.17) is 0 Å². The standard InChI is InChI=1S/C25H21FN2O2/c1-15-10-12-18(13-11-15)22-23(27-20-8-5-7-19(26)14-20)25(30)28(24(22)29)21-9-4-6-16(2)17(21)3/h4-14,27H,1-3H3. The lowest BCUT2D eigenvalue weighted by molar-refractivity contribution is -0.120. The molecule has 0 aliphatic carbocycles. The Labute approximate surface area is 174 Å². The number of anilines is 2. The number of carbonyl (C=O) groups is 2. The van der Waals surface area contributed by atoms with E-state index in [1.807, 2.05) is 57.2 Å². The summed E-state index contributed by atoms with van der Waals surface area (Å²) in [6, 6.07) is 18.7. The van der Waals surface area contributed by atoms with E-state index in [0.29, 0.717) is 16.9 Å². The van der Waals surface area contributed by atoms with Crippen LogP contribution in [0, 0.1) is 26.6 Å². The number of nitrogens with one attached hydrogen (secondary N) is 1. The van der Waals surface area contributed by atoms with Gasteiger partial charge in [-0.05, 0) is 61.7 Å². The van der Waals surface area contributed by atoms with Gasteiger partial charge in [0.1, 0.15) is 11.5 Å². The highest BCUT2D eigenvalue weighted by atomic mass is 19.1. The molecule has 0 aromatic heterocycles. The molecule has 1 N–H and O–H groups in total. The summed E-state index contributed by atoms with van der Waals surface area (Å²) in [5, 5.41) is 2.99. The molecule has 0 radical (unpaired) electrons. The van der Waals surface area contributed by atoms with E-state index < -0.39 is 17.6 Å². The van der Waals surface area contributed by atoms with Gasteiger partial charge >= 0.3 is 0 Å². The second-order valence-corrected chi connectivity index (χ2v) is 7.42. The zero-order valence-electron chi connectivity index (χ0n) is 17.0. The molecule has 0 atom stereocenters. The maximum Gasteiger partial charge on any atom is 0.282 e. The van der Waals surface area contributed by atoms with Crippen LogP contribution in [-0.4, -0.2) is 11.8 Å². The Hall–Kier alpha value is -3.73. The summed E-state index contributed by atoms with van der Waals surface area (Å²) >= 11 is 0. The fourth-order valence-electron chi connectivity index (χ4n) is 3.54. The predicted molar refractivity (Wildman–Crippen MR) is 117 cm³/mol. The van der Waals surface area contributed by atoms with Crippen LogP contribution in [0.4, 0.5) is 15.8 Å². The first-order valence-corrected chi connectivity index (χ1v) is 9.65. The zero-order valence-corrected chi connectivity index (χ0v) is 17.0. The van der Waals surface area contributed by atoms with Crippen LogP contribution in [0.3, 0.4) is 0 Å². The van der Waals surface area contributed by atoms with Crippen LogP contribution < -0.4 is 10.2 Å². The Kier molecular flexibility index (Phi) is 4.96. The lowest BCUT2D eigenvalue weighted by Gasteiger charge is -2.19. The Balaban J connectivity index is 1.86. The average Bonchev–Trinajstić information content (AvgIpc) is 2.95. The summed E-state index contributed by atoms with van der Waals surface area (Å²) in [5.41, 5.74) is 4.86. The molecule has 1 aliphatic heterocycles. The first-order valence-electron chi connectivity index (χ1n) is 9.65. The van der Waals surface area contributed by atoms with E-state index in [-0.39, 0.29) is 11.3 Å². The summed E-state index contributed by atoms with van der Waals surface area (Å²) in [6.07, 6.45) is 0. The van der Waals surface area contributed by atoms with Gasteiger partial charge in [0, 0.05) is 5.69 Å². The van der Waals surface area contributed by atoms with Gasteiger partial charge in [0.2, 0.25) is 0 Å². The van der Waals surface area contributed by atoms with Crippen LogP contribution in [0.2, 0.25) is 0 Å². The maximum absolute atomic E-state index is 13.7. The molecule has 0 unspecified atom stereocenters. The summed E-state index contributed by atoms with van der Waals surface area (Å²) in [4.78, 5) is 28.1. The Morgan fingerprint density at radius 2 is 1.53 bits per heavy atom. The van der Waals surface area contributed by atoms with Gasteiger partial charge < -0.3 is 5.32 Å². The number of amides is 2. The number of hydrogen-bond donors (Lipinski definition) is 1. The number of nitrogens with zero attached hydrogens (tertiary/aromatic N) is 1. The molecular formula is C25H21FN2O2. The third-order valence-electron chi connectivity index (χ3n) is 5.34. The molecule has 0 fully saturated rings. The molecule has 1 aliphatic rings. The highest BCUT2D eigenvalue weighted by Crippen LogP contribution is 2.35. The molecule has 2 amide bonds. The molecule has 0 bridgehead atoms. The number of benzene rings is 3. The molecule has 5 heteroatoms. The van der Waals surface area contributed by atoms with Crippen molar-refractivity contribution in [3.63, 3.8) is 0 Å². The van der Waals surface area contributed by atoms with Crippen molar-refractivity contribution in [1.29, 1.82) is 0 Å². The highest BCUT2D eigenvalue weighted by molar-refractivity contribution is 6.46. The lowest BCUT2D eigenvalue weighted by atomic mass is 10.0. The van der Waals surface area contributed by atoms with E-state index in [2.05, 4.69) is 5.32 Å². The van der Waals surface area contributed by atoms with Gasteiger partial charge in [-0.3, -0.25) is 9.59 Å². The molecule has 1 heterocycles. The number of imide groups is 1. The second-order valence-electron chi connectivity index (χ2n) is 7.42. The van der Waals surface area contributed by atoms with Crippen LogP contribution >= 0.6 is 0 Å². The SMILES string of the molecule is Cc1ccc(C2=C(Nc3cccc(F)c3)C(=O)N(c3cccc(C)c3C)C2=O)cc1. The van der Waals surface area contributed by atoms with Crippen molar-refractivity contribution in [1.82, 2.24) is 0 Å². The molecule has 150 valence electrons. The molecule has 3 aromatic rings. The van der Waals surface area contributed by atoms with Crippen LogP contribution in [0.25, 0.3) is 5.57 Å². The van der Waals surface area contributed by atoms with Gasteiger partial charge in [-0.2, -0.15) is 0 Å². The Bertz CT molecular complexity index is 1200. The Morgan fingerprint density at radius 3 is 2.23 bits per heavy atom. The van der Waals surface area contributed by atoms with Crippen LogP contribution in [0.5, 0.6) is 0 Å². The van der Waals surface area contributed by atoms with E-state index in [0.717, 1.165) is 16.7 Å². The van der Waals surface area contributed by atoms with Crippen molar-refractivity contribution in [2.45, 2.75) is 20.8 Å². The fraction of sp³-hybridized carbons (Fsp3) is 0.120. The van der Waals surface area contributed by atoms with Crippen molar-refractivity contribution < 1.29 is 14.0 Å². The minimum atomic E-state index is -0.464. The van der Waals surface area contributed by atoms with Crippen LogP contribution in [0.1, 0.15) is 22.3 Å². The van der Waals surface area contributed by atoms with Gasteiger partial charge in [-0.15, -0.1) is 0 Å². The zero-order chi connectivity index (χ0) is 21.4. The number of aryl methyl sites for hydroxylation is 2. The highest BCUT2D eigenvalue weighted by Gasteiger charge is 2.40. The smallest absolute Gasteiger partial charge is 0.282 e. The topological polar surface area (TPSA) is 49.4 Å². The van der Waals surface area contributed by atoms with Crippen molar-refractivity contribution in [2.75, 3.05) is 10.2 Å². The summed E-state index contributed by atoms with van der Waals surface area (Å²) in [6.45, 7) is 5.77. The van der Waals surface area contributed by atoms with Gasteiger partial charge in [0.25, 0.3) is 11.8 Å². The van der Waals surface area contributed by atoms with Crippen molar-refractivity contribution in [3.8, 4) is 0 Å². The first-order chi connectivity index (χ1) is 14.4. The minimum absolute atomic E-state index is 0.135. The lowest BCUT2D eigenvalue weighted by Crippen LogP contribution is -2.33. The second kappa shape index (κ2) is 7.59. The third-order valence-corrected chi connectivity index (χ3v) is 5.34. The number of rotatable bonds is 4. The molecule has 4 nitrogen and oxygen atoms in total. The van der Waals surface area contributed by atoms with Crippen molar-refractivity contribution in [2.24, 2.45) is 0 Å². The monoisotopic (exact) mass is 400 g/mol. The van der Waals surface area contributed by atoms with Gasteiger partial charge in [-0.25, -0.2) is 9.29 Å². The molecule has 0 saturated carbocycles. The number of hydrogen-bond acceptors (Lipinski definition) is 3. The molecule has 3 aromatic carbocycles. The first kappa shape index (κ1) is 19.6. The van der Waals surface area contributed by atoms with Crippen molar-refractivity contribution in [3.05, 3.63) is 100 Å². The molecule has 0 spiro atoms. The molecule has 0 saturated heterocycles. The van der Waals surface area contributed by atoms with Gasteiger partial charge in [0.05, 0.1) is 11.3 Å². The normalized spacial score (nSPS) is 13.9. The molecular weight excluding hydrogens is 379 g/mol. The Morgan fingerprint density at radius 1 is 0.833 bits per heavy atom. The van der Waals surface area contributed by atoms with E-state index >= 15 is 0 Å². The van der Waals surface area contributed by atoms with Gasteiger partial charge in [0.15, 0.2) is 0 Å². The maximum atomic E-state index is 13.7. The van der Waals surface area contributed by atoms with E-state index in [1.165, 1.54) is 17.0 Å². The largest absolute Gasteiger partial charge is 0.350 e. The average molecular weight is 400 g/mol. The summed E-state index contributed by atoms with van der Waals surface area (Å²) in [5.74, 6) is -1.30. The van der Waals surface area contributed by atoms with E-state index in [9.17, 15) is 14.0 Å². The third kappa shape index (κ3) is 3.39. The quantitative estimate of drug-likeness (QED) is 0.617. The number of carbonyl (C=O) groups excluding carboxylic acids is 2. The fourth-order valence-corrected chi connectivity index (χ4v) is 3.54. The van der Waals surface area contributed by atoms with E-state index in [1.54, 1.807) is 18.2 Å². The summed E-state index contributed by atoms with van der Waals surface area (Å²) < 4.78 is 13.7. The van der Waals surface area contributed by atoms with Gasteiger partial charge in [-0.1, -0.05) is 48.0 Å². The molecule has 4 rings (SSSR count). The van der Waals surface area contributed by atoms with Crippen LogP contribution in [0.15, 0.2) is 72.4 Å². The molecule has 30 heavy (non-hydrogen) atoms.